The number of para-hydroxylation sites is 1. The van der Waals surface area contributed by atoms with Gasteiger partial charge in [-0.15, -0.1) is 0 Å². The molecule has 1 aliphatic carbocycles. The number of rotatable bonds is 5. The molecule has 2 N–H and O–H groups in total. The number of hydrogen-bond donors (Lipinski definition) is 2. The highest BCUT2D eigenvalue weighted by atomic mass is 16.5. The molecule has 1 fully saturated rings. The summed E-state index contributed by atoms with van der Waals surface area (Å²) in [4.78, 5) is 8.79. The highest BCUT2D eigenvalue weighted by Crippen LogP contribution is 2.29. The molecule has 0 saturated heterocycles. The fraction of sp³-hybridized carbons (Fsp3) is 0.185. The van der Waals surface area contributed by atoms with Crippen molar-refractivity contribution in [3.63, 3.8) is 0 Å². The number of aromatic nitrogens is 2. The van der Waals surface area contributed by atoms with E-state index in [9.17, 15) is 5.11 Å². The summed E-state index contributed by atoms with van der Waals surface area (Å²) in [5.74, 6) is 8.68. The van der Waals surface area contributed by atoms with Crippen LogP contribution in [0.3, 0.4) is 0 Å². The first-order chi connectivity index (χ1) is 15.7. The highest BCUT2D eigenvalue weighted by Gasteiger charge is 2.23. The maximum Gasteiger partial charge on any atom is 0.141 e. The molecule has 158 valence electrons. The summed E-state index contributed by atoms with van der Waals surface area (Å²) >= 11 is 0. The Labute approximate surface area is 187 Å². The van der Waals surface area contributed by atoms with E-state index >= 15 is 0 Å². The van der Waals surface area contributed by atoms with Gasteiger partial charge in [0, 0.05) is 16.6 Å². The number of fused-ring (bicyclic) bond motifs is 1. The van der Waals surface area contributed by atoms with E-state index in [0.717, 1.165) is 46.5 Å². The topological polar surface area (TPSA) is 67.3 Å². The van der Waals surface area contributed by atoms with Crippen LogP contribution in [0.5, 0.6) is 11.5 Å². The van der Waals surface area contributed by atoms with Gasteiger partial charge >= 0.3 is 0 Å². The molecule has 5 rings (SSSR count). The number of aliphatic hydroxyl groups excluding tert-OH is 1. The Kier molecular flexibility index (Phi) is 5.69. The van der Waals surface area contributed by atoms with Gasteiger partial charge in [0.1, 0.15) is 29.7 Å². The number of hydrogen-bond acceptors (Lipinski definition) is 5. The summed E-state index contributed by atoms with van der Waals surface area (Å²) in [6.07, 6.45) is 4.30. The van der Waals surface area contributed by atoms with Crippen LogP contribution in [0.4, 0.5) is 11.5 Å². The second kappa shape index (κ2) is 9.09. The van der Waals surface area contributed by atoms with Crippen molar-refractivity contribution in [3.05, 3.63) is 84.7 Å². The lowest BCUT2D eigenvalue weighted by Crippen LogP contribution is -2.25. The second-order valence-electron chi connectivity index (χ2n) is 7.92. The molecule has 1 heterocycles. The standard InChI is InChI=1S/C27H23N3O2/c31-26(20-5-4-6-20)16-10-19-9-15-25-24(17-19)27(29-18-28-25)30-21-11-13-23(14-12-21)32-22-7-2-1-3-8-22/h1-3,7-9,11-15,17-18,20,26,31H,4-6H2,(H,28,29,30). The number of benzene rings is 3. The van der Waals surface area contributed by atoms with Gasteiger partial charge in [-0.25, -0.2) is 9.97 Å². The first kappa shape index (κ1) is 20.0. The predicted molar refractivity (Wildman–Crippen MR) is 126 cm³/mol. The van der Waals surface area contributed by atoms with Crippen LogP contribution in [-0.4, -0.2) is 21.2 Å². The Morgan fingerprint density at radius 2 is 1.72 bits per heavy atom. The SMILES string of the molecule is OC(C#Cc1ccc2ncnc(Nc3ccc(Oc4ccccc4)cc3)c2c1)C1CCC1. The van der Waals surface area contributed by atoms with Crippen LogP contribution in [0, 0.1) is 17.8 Å². The van der Waals surface area contributed by atoms with E-state index in [1.54, 1.807) is 6.33 Å². The third-order valence-electron chi connectivity index (χ3n) is 5.69. The van der Waals surface area contributed by atoms with Gasteiger partial charge in [0.2, 0.25) is 0 Å². The molecule has 1 aliphatic rings. The van der Waals surface area contributed by atoms with E-state index in [1.807, 2.05) is 72.8 Å². The molecule has 0 bridgehead atoms. The van der Waals surface area contributed by atoms with Gasteiger partial charge in [0.15, 0.2) is 0 Å². The average Bonchev–Trinajstić information content (AvgIpc) is 2.79. The average molecular weight is 422 g/mol. The molecule has 0 aliphatic heterocycles. The van der Waals surface area contributed by atoms with Crippen LogP contribution in [-0.2, 0) is 0 Å². The minimum absolute atomic E-state index is 0.317. The monoisotopic (exact) mass is 421 g/mol. The van der Waals surface area contributed by atoms with Crippen LogP contribution in [0.1, 0.15) is 24.8 Å². The maximum absolute atomic E-state index is 10.2. The smallest absolute Gasteiger partial charge is 0.141 e. The molecule has 5 heteroatoms. The zero-order chi connectivity index (χ0) is 21.8. The van der Waals surface area contributed by atoms with E-state index in [1.165, 1.54) is 6.42 Å². The van der Waals surface area contributed by atoms with Crippen molar-refractivity contribution in [2.24, 2.45) is 5.92 Å². The first-order valence-electron chi connectivity index (χ1n) is 10.8. The molecule has 1 atom stereocenters. The van der Waals surface area contributed by atoms with Crippen molar-refractivity contribution >= 4 is 22.4 Å². The Morgan fingerprint density at radius 1 is 0.938 bits per heavy atom. The number of ether oxygens (including phenoxy) is 1. The summed E-state index contributed by atoms with van der Waals surface area (Å²) in [6.45, 7) is 0. The molecular weight excluding hydrogens is 398 g/mol. The van der Waals surface area contributed by atoms with Crippen LogP contribution in [0.25, 0.3) is 10.9 Å². The lowest BCUT2D eigenvalue weighted by molar-refractivity contribution is 0.108. The Bertz CT molecular complexity index is 1270. The summed E-state index contributed by atoms with van der Waals surface area (Å²) < 4.78 is 5.86. The fourth-order valence-corrected chi connectivity index (χ4v) is 3.63. The van der Waals surface area contributed by atoms with Crippen molar-refractivity contribution in [2.45, 2.75) is 25.4 Å². The highest BCUT2D eigenvalue weighted by molar-refractivity contribution is 5.91. The maximum atomic E-state index is 10.2. The molecular formula is C27H23N3O2. The summed E-state index contributed by atoms with van der Waals surface area (Å²) in [7, 11) is 0. The van der Waals surface area contributed by atoms with E-state index in [-0.39, 0.29) is 0 Å². The summed E-state index contributed by atoms with van der Waals surface area (Å²) in [5.41, 5.74) is 2.55. The largest absolute Gasteiger partial charge is 0.457 e. The van der Waals surface area contributed by atoms with E-state index < -0.39 is 6.10 Å². The molecule has 4 aromatic rings. The van der Waals surface area contributed by atoms with E-state index in [0.29, 0.717) is 11.7 Å². The first-order valence-corrected chi connectivity index (χ1v) is 10.8. The van der Waals surface area contributed by atoms with Crippen molar-refractivity contribution in [3.8, 4) is 23.3 Å². The van der Waals surface area contributed by atoms with Crippen LogP contribution in [0.15, 0.2) is 79.1 Å². The molecule has 1 aromatic heterocycles. The third-order valence-corrected chi connectivity index (χ3v) is 5.69. The third kappa shape index (κ3) is 4.56. The molecule has 3 aromatic carbocycles. The summed E-state index contributed by atoms with van der Waals surface area (Å²) in [5, 5.41) is 14.4. The second-order valence-corrected chi connectivity index (χ2v) is 7.92. The Morgan fingerprint density at radius 3 is 2.47 bits per heavy atom. The number of nitrogens with one attached hydrogen (secondary N) is 1. The fourth-order valence-electron chi connectivity index (χ4n) is 3.63. The van der Waals surface area contributed by atoms with Crippen LogP contribution in [0.2, 0.25) is 0 Å². The minimum Gasteiger partial charge on any atom is -0.457 e. The van der Waals surface area contributed by atoms with Crippen LogP contribution < -0.4 is 10.1 Å². The van der Waals surface area contributed by atoms with Gasteiger partial charge < -0.3 is 15.2 Å². The Balaban J connectivity index is 1.35. The number of anilines is 2. The number of aliphatic hydroxyl groups is 1. The van der Waals surface area contributed by atoms with Crippen LogP contribution >= 0.6 is 0 Å². The zero-order valence-corrected chi connectivity index (χ0v) is 17.5. The van der Waals surface area contributed by atoms with E-state index in [4.69, 9.17) is 4.74 Å². The van der Waals surface area contributed by atoms with Gasteiger partial charge in [-0.2, -0.15) is 0 Å². The van der Waals surface area contributed by atoms with Gasteiger partial charge in [-0.3, -0.25) is 0 Å². The minimum atomic E-state index is -0.555. The Hall–Kier alpha value is -3.88. The lowest BCUT2D eigenvalue weighted by Gasteiger charge is -2.26. The molecule has 0 amide bonds. The molecule has 1 unspecified atom stereocenters. The lowest BCUT2D eigenvalue weighted by atomic mass is 9.81. The van der Waals surface area contributed by atoms with Crippen molar-refractivity contribution in [2.75, 3.05) is 5.32 Å². The molecule has 32 heavy (non-hydrogen) atoms. The quantitative estimate of drug-likeness (QED) is 0.406. The van der Waals surface area contributed by atoms with Gasteiger partial charge in [0.25, 0.3) is 0 Å². The number of nitrogens with zero attached hydrogens (tertiary/aromatic N) is 2. The molecule has 0 radical (unpaired) electrons. The molecule has 0 spiro atoms. The zero-order valence-electron chi connectivity index (χ0n) is 17.5. The summed E-state index contributed by atoms with van der Waals surface area (Å²) in [6, 6.07) is 23.2. The predicted octanol–water partition coefficient (Wildman–Crippen LogP) is 5.68. The van der Waals surface area contributed by atoms with Gasteiger partial charge in [-0.05, 0) is 73.4 Å². The van der Waals surface area contributed by atoms with Gasteiger partial charge in [0.05, 0.1) is 5.52 Å². The van der Waals surface area contributed by atoms with E-state index in [2.05, 4.69) is 27.1 Å². The van der Waals surface area contributed by atoms with Crippen molar-refractivity contribution in [1.82, 2.24) is 9.97 Å². The normalized spacial score (nSPS) is 14.2. The van der Waals surface area contributed by atoms with Crippen molar-refractivity contribution < 1.29 is 9.84 Å². The molecule has 1 saturated carbocycles. The molecule has 5 nitrogen and oxygen atoms in total. The van der Waals surface area contributed by atoms with Crippen molar-refractivity contribution in [1.29, 1.82) is 0 Å². The van der Waals surface area contributed by atoms with Gasteiger partial charge in [-0.1, -0.05) is 36.5 Å².